The molecule has 3 aromatic heterocycles. The zero-order valence-electron chi connectivity index (χ0n) is 22.1. The van der Waals surface area contributed by atoms with E-state index < -0.39 is 22.0 Å². The smallest absolute Gasteiger partial charge is 0.270 e. The van der Waals surface area contributed by atoms with Gasteiger partial charge < -0.3 is 11.1 Å². The molecule has 6 rings (SSSR count). The number of aryl methyl sites for hydroxylation is 1. The summed E-state index contributed by atoms with van der Waals surface area (Å²) in [4.78, 5) is 17.7. The molecule has 0 spiro atoms. The molecule has 2 aromatic carbocycles. The van der Waals surface area contributed by atoms with E-state index in [1.807, 2.05) is 0 Å². The van der Waals surface area contributed by atoms with Crippen LogP contribution < -0.4 is 15.4 Å². The molecule has 1 aliphatic rings. The van der Waals surface area contributed by atoms with Crippen molar-refractivity contribution in [3.63, 3.8) is 0 Å². The van der Waals surface area contributed by atoms with Gasteiger partial charge in [0.1, 0.15) is 10.5 Å². The summed E-state index contributed by atoms with van der Waals surface area (Å²) in [7, 11) is -2.37. The standard InChI is InChI=1S/C29H24N8O3S/c1-19(33-29(38)25-27(30)34-36-15-7-14-31-28(25)36)24-16-22-9-6-8-21(13-12-20-17-32-35(2)18-20)26(22)41(39,40)37(24)23-10-4-3-5-11-23/h3-11,14-19H,1-2H3,(H2,30,34)(H,33,38)/t19-/m1/s1. The maximum absolute atomic E-state index is 14.3. The quantitative estimate of drug-likeness (QED) is 0.320. The van der Waals surface area contributed by atoms with E-state index in [9.17, 15) is 13.2 Å². The number of nitrogens with one attached hydrogen (secondary N) is 1. The van der Waals surface area contributed by atoms with Gasteiger partial charge in [-0.15, -0.1) is 5.10 Å². The fourth-order valence-corrected chi connectivity index (χ4v) is 6.64. The molecule has 1 amide bonds. The maximum atomic E-state index is 14.3. The van der Waals surface area contributed by atoms with E-state index in [1.165, 1.54) is 15.0 Å². The van der Waals surface area contributed by atoms with Crippen LogP contribution in [-0.4, -0.2) is 44.7 Å². The highest BCUT2D eigenvalue weighted by Gasteiger charge is 2.38. The average Bonchev–Trinajstić information content (AvgIpc) is 3.53. The Balaban J connectivity index is 1.45. The second-order valence-electron chi connectivity index (χ2n) is 9.39. The minimum atomic E-state index is -4.16. The van der Waals surface area contributed by atoms with Gasteiger partial charge in [0.05, 0.1) is 29.2 Å². The van der Waals surface area contributed by atoms with Gasteiger partial charge in [-0.25, -0.2) is 22.2 Å². The SMILES string of the molecule is C[C@@H](NC(=O)c1c(N)nn2cccnc12)C1=Cc2cccc(C#Cc3cnn(C)c3)c2S(=O)(=O)N1c1ccccc1. The minimum absolute atomic E-state index is 0.0146. The number of para-hydroxylation sites is 1. The molecule has 0 unspecified atom stereocenters. The van der Waals surface area contributed by atoms with Crippen molar-refractivity contribution in [2.75, 3.05) is 10.0 Å². The average molecular weight is 565 g/mol. The zero-order chi connectivity index (χ0) is 28.7. The van der Waals surface area contributed by atoms with E-state index in [-0.39, 0.29) is 16.3 Å². The van der Waals surface area contributed by atoms with Gasteiger partial charge in [0, 0.05) is 31.2 Å². The molecule has 0 fully saturated rings. The molecule has 0 aliphatic carbocycles. The summed E-state index contributed by atoms with van der Waals surface area (Å²) in [6.07, 6.45) is 8.29. The number of nitrogens with two attached hydrogens (primary N) is 1. The van der Waals surface area contributed by atoms with E-state index in [1.54, 1.807) is 97.9 Å². The van der Waals surface area contributed by atoms with Gasteiger partial charge in [-0.3, -0.25) is 9.48 Å². The van der Waals surface area contributed by atoms with Crippen LogP contribution in [0.25, 0.3) is 11.7 Å². The van der Waals surface area contributed by atoms with Crippen LogP contribution in [0.4, 0.5) is 11.5 Å². The molecule has 204 valence electrons. The Kier molecular flexibility index (Phi) is 6.28. The lowest BCUT2D eigenvalue weighted by Gasteiger charge is -2.34. The fourth-order valence-electron chi connectivity index (χ4n) is 4.74. The Morgan fingerprint density at radius 3 is 2.63 bits per heavy atom. The number of amides is 1. The number of fused-ring (bicyclic) bond motifs is 2. The number of rotatable bonds is 4. The van der Waals surface area contributed by atoms with Gasteiger partial charge in [-0.05, 0) is 42.8 Å². The number of nitrogens with zero attached hydrogens (tertiary/aromatic N) is 6. The monoisotopic (exact) mass is 564 g/mol. The van der Waals surface area contributed by atoms with Crippen molar-refractivity contribution in [2.24, 2.45) is 7.05 Å². The van der Waals surface area contributed by atoms with E-state index in [4.69, 9.17) is 5.73 Å². The second kappa shape index (κ2) is 9.96. The van der Waals surface area contributed by atoms with Gasteiger partial charge in [-0.1, -0.05) is 42.2 Å². The number of hydrogen-bond acceptors (Lipinski definition) is 7. The summed E-state index contributed by atoms with van der Waals surface area (Å²) in [5, 5.41) is 11.2. The van der Waals surface area contributed by atoms with Crippen molar-refractivity contribution >= 4 is 39.2 Å². The maximum Gasteiger partial charge on any atom is 0.270 e. The lowest BCUT2D eigenvalue weighted by molar-refractivity contribution is 0.0947. The van der Waals surface area contributed by atoms with E-state index >= 15 is 0 Å². The third kappa shape index (κ3) is 4.58. The fraction of sp³-hybridized carbons (Fsp3) is 0.103. The van der Waals surface area contributed by atoms with Crippen molar-refractivity contribution in [2.45, 2.75) is 17.9 Å². The summed E-state index contributed by atoms with van der Waals surface area (Å²) in [5.74, 6) is 5.49. The van der Waals surface area contributed by atoms with Crippen LogP contribution in [0, 0.1) is 11.8 Å². The number of sulfonamides is 1. The Hall–Kier alpha value is -5.41. The molecule has 5 aromatic rings. The van der Waals surface area contributed by atoms with Gasteiger partial charge in [0.15, 0.2) is 11.5 Å². The first-order chi connectivity index (χ1) is 19.7. The van der Waals surface area contributed by atoms with Crippen molar-refractivity contribution < 1.29 is 13.2 Å². The molecular weight excluding hydrogens is 540 g/mol. The van der Waals surface area contributed by atoms with Gasteiger partial charge in [0.25, 0.3) is 15.9 Å². The van der Waals surface area contributed by atoms with Crippen molar-refractivity contribution in [3.05, 3.63) is 107 Å². The highest BCUT2D eigenvalue weighted by atomic mass is 32.2. The predicted molar refractivity (Wildman–Crippen MR) is 154 cm³/mol. The first-order valence-corrected chi connectivity index (χ1v) is 14.0. The van der Waals surface area contributed by atoms with E-state index in [2.05, 4.69) is 32.3 Å². The van der Waals surface area contributed by atoms with E-state index in [0.717, 1.165) is 0 Å². The Morgan fingerprint density at radius 2 is 1.88 bits per heavy atom. The van der Waals surface area contributed by atoms with Crippen molar-refractivity contribution in [1.82, 2.24) is 29.7 Å². The summed E-state index contributed by atoms with van der Waals surface area (Å²) in [6.45, 7) is 1.71. The molecule has 0 bridgehead atoms. The van der Waals surface area contributed by atoms with E-state index in [0.29, 0.717) is 33.7 Å². The molecule has 1 aliphatic heterocycles. The predicted octanol–water partition coefficient (Wildman–Crippen LogP) is 2.81. The van der Waals surface area contributed by atoms with Crippen LogP contribution >= 0.6 is 0 Å². The molecule has 3 N–H and O–H groups in total. The number of aromatic nitrogens is 5. The van der Waals surface area contributed by atoms with Gasteiger partial charge in [0.2, 0.25) is 0 Å². The number of hydrogen-bond donors (Lipinski definition) is 2. The molecule has 11 nitrogen and oxygen atoms in total. The van der Waals surface area contributed by atoms with Gasteiger partial charge in [-0.2, -0.15) is 5.10 Å². The van der Waals surface area contributed by atoms with Gasteiger partial charge >= 0.3 is 0 Å². The Bertz CT molecular complexity index is 2020. The first-order valence-electron chi connectivity index (χ1n) is 12.6. The lowest BCUT2D eigenvalue weighted by Crippen LogP contribution is -2.44. The summed E-state index contributed by atoms with van der Waals surface area (Å²) in [5.41, 5.74) is 8.68. The zero-order valence-corrected chi connectivity index (χ0v) is 22.9. The second-order valence-corrected chi connectivity index (χ2v) is 11.1. The molecular formula is C29H24N8O3S. The molecule has 4 heterocycles. The summed E-state index contributed by atoms with van der Waals surface area (Å²) < 4.78 is 33.0. The number of anilines is 2. The third-order valence-electron chi connectivity index (χ3n) is 6.56. The minimum Gasteiger partial charge on any atom is -0.381 e. The molecule has 1 atom stereocenters. The highest BCUT2D eigenvalue weighted by molar-refractivity contribution is 7.93. The summed E-state index contributed by atoms with van der Waals surface area (Å²) >= 11 is 0. The normalized spacial score (nSPS) is 14.5. The number of carbonyl (C=O) groups is 1. The largest absolute Gasteiger partial charge is 0.381 e. The Morgan fingerprint density at radius 1 is 1.07 bits per heavy atom. The lowest BCUT2D eigenvalue weighted by atomic mass is 10.1. The topological polar surface area (TPSA) is 141 Å². The molecule has 0 saturated carbocycles. The number of carbonyl (C=O) groups excluding carboxylic acids is 1. The van der Waals surface area contributed by atoms with Crippen LogP contribution in [0.5, 0.6) is 0 Å². The molecule has 12 heteroatoms. The molecule has 41 heavy (non-hydrogen) atoms. The highest BCUT2D eigenvalue weighted by Crippen LogP contribution is 2.38. The third-order valence-corrected chi connectivity index (χ3v) is 8.43. The number of nitrogen functional groups attached to an aromatic ring is 1. The van der Waals surface area contributed by atoms with Crippen LogP contribution in [0.1, 0.15) is 34.0 Å². The summed E-state index contributed by atoms with van der Waals surface area (Å²) in [6, 6.07) is 14.8. The van der Waals surface area contributed by atoms with Crippen LogP contribution in [0.15, 0.2) is 90.0 Å². The molecule has 0 saturated heterocycles. The van der Waals surface area contributed by atoms with Crippen molar-refractivity contribution in [3.8, 4) is 11.8 Å². The van der Waals surface area contributed by atoms with Crippen LogP contribution in [0.3, 0.4) is 0 Å². The molecule has 0 radical (unpaired) electrons. The van der Waals surface area contributed by atoms with Crippen molar-refractivity contribution in [1.29, 1.82) is 0 Å². The Labute approximate surface area is 236 Å². The number of benzene rings is 2. The van der Waals surface area contributed by atoms with Crippen LogP contribution in [0.2, 0.25) is 0 Å². The first kappa shape index (κ1) is 25.8. The van der Waals surface area contributed by atoms with Crippen LogP contribution in [-0.2, 0) is 17.1 Å².